The molecule has 0 radical (unpaired) electrons. The lowest BCUT2D eigenvalue weighted by Gasteiger charge is -2.29. The molecule has 2 aromatic carbocycles. The molecule has 0 spiro atoms. The topological polar surface area (TPSA) is 88.2 Å². The summed E-state index contributed by atoms with van der Waals surface area (Å²) in [6, 6.07) is 16.3. The molecule has 2 aliphatic heterocycles. The molecular formula is C22H25N3O5S. The fourth-order valence-electron chi connectivity index (χ4n) is 3.68. The first-order valence-corrected chi connectivity index (χ1v) is 11.5. The largest absolute Gasteiger partial charge is 0.383 e. The van der Waals surface area contributed by atoms with Crippen molar-refractivity contribution in [2.24, 2.45) is 0 Å². The fourth-order valence-corrected chi connectivity index (χ4v) is 5.36. The molecule has 2 aliphatic rings. The Kier molecular flexibility index (Phi) is 6.26. The van der Waals surface area contributed by atoms with E-state index in [4.69, 9.17) is 9.47 Å². The van der Waals surface area contributed by atoms with E-state index in [-0.39, 0.29) is 23.8 Å². The molecule has 9 heteroatoms. The van der Waals surface area contributed by atoms with Gasteiger partial charge in [0, 0.05) is 31.6 Å². The smallest absolute Gasteiger partial charge is 0.285 e. The van der Waals surface area contributed by atoms with Crippen molar-refractivity contribution in [1.29, 1.82) is 0 Å². The van der Waals surface area contributed by atoms with Gasteiger partial charge in [-0.1, -0.05) is 30.3 Å². The van der Waals surface area contributed by atoms with Gasteiger partial charge in [-0.2, -0.15) is 0 Å². The molecule has 164 valence electrons. The number of carbonyl (C=O) groups excluding carboxylic acids is 1. The molecule has 0 bridgehead atoms. The summed E-state index contributed by atoms with van der Waals surface area (Å²) in [7, 11) is -2.53. The number of morpholine rings is 1. The van der Waals surface area contributed by atoms with Crippen LogP contribution >= 0.6 is 0 Å². The molecule has 1 N–H and O–H groups in total. The standard InChI is InChI=1S/C22H25N3O5S/c1-29-14-13-25-22(26)20(21(31(25,27)28)17-5-3-2-4-6-17)23-18-7-9-19(10-8-18)24-11-15-30-16-12-24/h2-10,23H,11-16H2,1H3. The summed E-state index contributed by atoms with van der Waals surface area (Å²) in [6.07, 6.45) is 0. The SMILES string of the molecule is COCCN1C(=O)C(Nc2ccc(N3CCOCC3)cc2)=C(c2ccccc2)S1(=O)=O. The summed E-state index contributed by atoms with van der Waals surface area (Å²) in [5, 5.41) is 3.06. The van der Waals surface area contributed by atoms with Crippen molar-refractivity contribution in [3.05, 3.63) is 65.9 Å². The number of rotatable bonds is 7. The third kappa shape index (κ3) is 4.30. The first kappa shape index (κ1) is 21.4. The highest BCUT2D eigenvalue weighted by atomic mass is 32.2. The van der Waals surface area contributed by atoms with E-state index in [1.165, 1.54) is 7.11 Å². The summed E-state index contributed by atoms with van der Waals surface area (Å²) in [5.74, 6) is -0.590. The Bertz CT molecular complexity index is 1060. The Morgan fingerprint density at radius 1 is 1.03 bits per heavy atom. The lowest BCUT2D eigenvalue weighted by atomic mass is 10.1. The van der Waals surface area contributed by atoms with Crippen molar-refractivity contribution < 1.29 is 22.7 Å². The molecule has 1 amide bonds. The number of benzene rings is 2. The van der Waals surface area contributed by atoms with E-state index < -0.39 is 15.9 Å². The Hall–Kier alpha value is -2.88. The zero-order chi connectivity index (χ0) is 21.8. The van der Waals surface area contributed by atoms with Crippen LogP contribution < -0.4 is 10.2 Å². The van der Waals surface area contributed by atoms with Crippen molar-refractivity contribution in [2.75, 3.05) is 56.8 Å². The van der Waals surface area contributed by atoms with Crippen molar-refractivity contribution in [2.45, 2.75) is 0 Å². The van der Waals surface area contributed by atoms with Crippen molar-refractivity contribution in [1.82, 2.24) is 4.31 Å². The number of nitrogens with zero attached hydrogens (tertiary/aromatic N) is 2. The van der Waals surface area contributed by atoms with E-state index in [0.717, 1.165) is 23.1 Å². The Morgan fingerprint density at radius 3 is 2.35 bits per heavy atom. The molecule has 0 aliphatic carbocycles. The molecular weight excluding hydrogens is 418 g/mol. The molecule has 8 nitrogen and oxygen atoms in total. The second-order valence-electron chi connectivity index (χ2n) is 7.22. The van der Waals surface area contributed by atoms with E-state index >= 15 is 0 Å². The first-order chi connectivity index (χ1) is 15.0. The van der Waals surface area contributed by atoms with Crippen LogP contribution in [0.15, 0.2) is 60.3 Å². The van der Waals surface area contributed by atoms with Crippen LogP contribution in [0.5, 0.6) is 0 Å². The van der Waals surface area contributed by atoms with Crippen molar-refractivity contribution >= 4 is 32.2 Å². The summed E-state index contributed by atoms with van der Waals surface area (Å²) in [5.41, 5.74) is 2.19. The average Bonchev–Trinajstić information content (AvgIpc) is 2.98. The highest BCUT2D eigenvalue weighted by Crippen LogP contribution is 2.36. The van der Waals surface area contributed by atoms with Gasteiger partial charge in [0.25, 0.3) is 15.9 Å². The van der Waals surface area contributed by atoms with Crippen LogP contribution in [-0.2, 0) is 24.3 Å². The second kappa shape index (κ2) is 9.09. The number of methoxy groups -OCH3 is 1. The van der Waals surface area contributed by atoms with Crippen LogP contribution in [-0.4, -0.2) is 65.2 Å². The number of nitrogens with one attached hydrogen (secondary N) is 1. The number of sulfonamides is 1. The third-order valence-corrected chi connectivity index (χ3v) is 7.15. The summed E-state index contributed by atoms with van der Waals surface area (Å²) in [4.78, 5) is 15.3. The van der Waals surface area contributed by atoms with Crippen LogP contribution in [0.4, 0.5) is 11.4 Å². The van der Waals surface area contributed by atoms with Gasteiger partial charge in [0.2, 0.25) is 0 Å². The quantitative estimate of drug-likeness (QED) is 0.701. The van der Waals surface area contributed by atoms with E-state index in [0.29, 0.717) is 24.5 Å². The maximum absolute atomic E-state index is 13.2. The average molecular weight is 444 g/mol. The highest BCUT2D eigenvalue weighted by Gasteiger charge is 2.44. The van der Waals surface area contributed by atoms with Crippen LogP contribution in [0.1, 0.15) is 5.56 Å². The molecule has 2 aromatic rings. The van der Waals surface area contributed by atoms with E-state index in [9.17, 15) is 13.2 Å². The third-order valence-electron chi connectivity index (χ3n) is 5.26. The zero-order valence-electron chi connectivity index (χ0n) is 17.3. The molecule has 4 rings (SSSR count). The lowest BCUT2D eigenvalue weighted by Crippen LogP contribution is -2.36. The van der Waals surface area contributed by atoms with Crippen molar-refractivity contribution in [3.8, 4) is 0 Å². The summed E-state index contributed by atoms with van der Waals surface area (Å²) < 4.78 is 37.7. The van der Waals surface area contributed by atoms with Gasteiger partial charge in [0.15, 0.2) is 0 Å². The number of hydrogen-bond acceptors (Lipinski definition) is 7. The normalized spacial score (nSPS) is 18.5. The van der Waals surface area contributed by atoms with Crippen LogP contribution in [0, 0.1) is 0 Å². The minimum absolute atomic E-state index is 0.0218. The van der Waals surface area contributed by atoms with E-state index in [1.54, 1.807) is 30.3 Å². The van der Waals surface area contributed by atoms with Gasteiger partial charge in [0.1, 0.15) is 10.6 Å². The van der Waals surface area contributed by atoms with Crippen LogP contribution in [0.2, 0.25) is 0 Å². The van der Waals surface area contributed by atoms with Gasteiger partial charge in [-0.15, -0.1) is 0 Å². The predicted molar refractivity (Wildman–Crippen MR) is 119 cm³/mol. The summed E-state index contributed by atoms with van der Waals surface area (Å²) in [6.45, 7) is 3.10. The van der Waals surface area contributed by atoms with Crippen molar-refractivity contribution in [3.63, 3.8) is 0 Å². The Labute approximate surface area is 182 Å². The van der Waals surface area contributed by atoms with Crippen LogP contribution in [0.25, 0.3) is 4.91 Å². The van der Waals surface area contributed by atoms with Gasteiger partial charge in [-0.05, 0) is 29.8 Å². The summed E-state index contributed by atoms with van der Waals surface area (Å²) >= 11 is 0. The maximum atomic E-state index is 13.2. The molecule has 0 aromatic heterocycles. The minimum atomic E-state index is -4.00. The number of hydrogen-bond donors (Lipinski definition) is 1. The van der Waals surface area contributed by atoms with Gasteiger partial charge < -0.3 is 19.7 Å². The lowest BCUT2D eigenvalue weighted by molar-refractivity contribution is -0.122. The van der Waals surface area contributed by atoms with Gasteiger partial charge in [-0.3, -0.25) is 4.79 Å². The van der Waals surface area contributed by atoms with E-state index in [1.807, 2.05) is 24.3 Å². The number of anilines is 2. The molecule has 0 unspecified atom stereocenters. The number of carbonyl (C=O) groups is 1. The molecule has 0 atom stereocenters. The molecule has 0 saturated carbocycles. The highest BCUT2D eigenvalue weighted by molar-refractivity contribution is 7.99. The number of ether oxygens (including phenoxy) is 2. The van der Waals surface area contributed by atoms with Gasteiger partial charge in [0.05, 0.1) is 26.4 Å². The molecule has 2 heterocycles. The van der Waals surface area contributed by atoms with Crippen LogP contribution in [0.3, 0.4) is 0 Å². The monoisotopic (exact) mass is 443 g/mol. The first-order valence-electron chi connectivity index (χ1n) is 10.1. The Morgan fingerprint density at radius 2 is 1.71 bits per heavy atom. The van der Waals surface area contributed by atoms with E-state index in [2.05, 4.69) is 10.2 Å². The second-order valence-corrected chi connectivity index (χ2v) is 9.02. The predicted octanol–water partition coefficient (Wildman–Crippen LogP) is 2.12. The Balaban J connectivity index is 1.67. The zero-order valence-corrected chi connectivity index (χ0v) is 18.1. The molecule has 1 saturated heterocycles. The molecule has 31 heavy (non-hydrogen) atoms. The minimum Gasteiger partial charge on any atom is -0.383 e. The fraction of sp³-hybridized carbons (Fsp3) is 0.318. The number of amides is 1. The molecule has 1 fully saturated rings. The maximum Gasteiger partial charge on any atom is 0.285 e. The van der Waals surface area contributed by atoms with Gasteiger partial charge >= 0.3 is 0 Å². The van der Waals surface area contributed by atoms with Gasteiger partial charge in [-0.25, -0.2) is 12.7 Å².